The van der Waals surface area contributed by atoms with Crippen LogP contribution in [-0.2, 0) is 17.0 Å². The number of anilines is 1. The van der Waals surface area contributed by atoms with Crippen molar-refractivity contribution < 1.29 is 18.2 Å². The normalized spacial score (nSPS) is 11.1. The molecule has 0 saturated carbocycles. The largest absolute Gasteiger partial charge is 0.459 e. The Morgan fingerprint density at radius 2 is 1.97 bits per heavy atom. The van der Waals surface area contributed by atoms with Crippen molar-refractivity contribution in [2.45, 2.75) is 44.6 Å². The summed E-state index contributed by atoms with van der Waals surface area (Å²) in [6.45, 7) is 6.00. The van der Waals surface area contributed by atoms with Crippen LogP contribution in [0.4, 0.5) is 5.69 Å². The van der Waals surface area contributed by atoms with E-state index in [4.69, 9.17) is 13.4 Å². The fraction of sp³-hybridized carbons (Fsp3) is 0.286. The summed E-state index contributed by atoms with van der Waals surface area (Å²) in [4.78, 5) is 16.7. The second kappa shape index (κ2) is 9.17. The lowest BCUT2D eigenvalue weighted by Gasteiger charge is -2.12. The minimum absolute atomic E-state index is 0.0968. The van der Waals surface area contributed by atoms with Crippen molar-refractivity contribution in [3.05, 3.63) is 58.9 Å². The van der Waals surface area contributed by atoms with Crippen LogP contribution in [0.3, 0.4) is 0 Å². The van der Waals surface area contributed by atoms with Crippen LogP contribution in [0.1, 0.15) is 34.8 Å². The predicted molar refractivity (Wildman–Crippen MR) is 113 cm³/mol. The van der Waals surface area contributed by atoms with Crippen LogP contribution in [0.25, 0.3) is 11.7 Å². The van der Waals surface area contributed by atoms with Crippen LogP contribution in [-0.4, -0.2) is 26.2 Å². The first kappa shape index (κ1) is 20.9. The molecule has 1 amide bonds. The molecule has 9 nitrogen and oxygen atoms in total. The van der Waals surface area contributed by atoms with Crippen molar-refractivity contribution in [2.24, 2.45) is 0 Å². The van der Waals surface area contributed by atoms with E-state index in [9.17, 15) is 4.79 Å². The molecule has 0 aliphatic carbocycles. The molecule has 3 aromatic heterocycles. The number of nitrogens with zero attached hydrogens (tertiary/aromatic N) is 4. The van der Waals surface area contributed by atoms with Gasteiger partial charge in [0.2, 0.25) is 11.8 Å². The highest BCUT2D eigenvalue weighted by atomic mass is 32.2. The fourth-order valence-electron chi connectivity index (χ4n) is 3.14. The van der Waals surface area contributed by atoms with E-state index in [2.05, 4.69) is 25.7 Å². The van der Waals surface area contributed by atoms with Gasteiger partial charge in [-0.05, 0) is 44.0 Å². The zero-order valence-corrected chi connectivity index (χ0v) is 18.2. The van der Waals surface area contributed by atoms with Crippen molar-refractivity contribution >= 4 is 23.4 Å². The first-order valence-corrected chi connectivity index (χ1v) is 10.7. The third-order valence-corrected chi connectivity index (χ3v) is 5.30. The number of amides is 1. The SMILES string of the molecule is Cc1cc(C)c(NC(=O)CCc2nc(CSc3nnc(-c4ccco4)o3)no2)c(C)c1. The first-order chi connectivity index (χ1) is 15.0. The summed E-state index contributed by atoms with van der Waals surface area (Å²) in [6.07, 6.45) is 2.14. The quantitative estimate of drug-likeness (QED) is 0.395. The Kier molecular flexibility index (Phi) is 6.17. The fourth-order valence-corrected chi connectivity index (χ4v) is 3.75. The number of furan rings is 1. The maximum absolute atomic E-state index is 12.4. The molecule has 0 bridgehead atoms. The van der Waals surface area contributed by atoms with Gasteiger partial charge in [-0.2, -0.15) is 4.98 Å². The highest BCUT2D eigenvalue weighted by Gasteiger charge is 2.15. The van der Waals surface area contributed by atoms with Crippen LogP contribution >= 0.6 is 11.8 Å². The van der Waals surface area contributed by atoms with E-state index in [1.807, 2.05) is 32.9 Å². The molecule has 0 aliphatic heterocycles. The van der Waals surface area contributed by atoms with Crippen molar-refractivity contribution in [1.82, 2.24) is 20.3 Å². The molecule has 0 radical (unpaired) electrons. The summed E-state index contributed by atoms with van der Waals surface area (Å²) in [5.41, 5.74) is 4.10. The zero-order chi connectivity index (χ0) is 21.8. The van der Waals surface area contributed by atoms with Crippen LogP contribution in [0.2, 0.25) is 0 Å². The van der Waals surface area contributed by atoms with E-state index in [0.29, 0.717) is 40.8 Å². The minimum Gasteiger partial charge on any atom is -0.459 e. The lowest BCUT2D eigenvalue weighted by Crippen LogP contribution is -2.14. The summed E-state index contributed by atoms with van der Waals surface area (Å²) in [5.74, 6) is 2.02. The summed E-state index contributed by atoms with van der Waals surface area (Å²) >= 11 is 1.29. The van der Waals surface area contributed by atoms with Gasteiger partial charge in [-0.1, -0.05) is 34.6 Å². The molecule has 0 spiro atoms. The Hall–Kier alpha value is -3.40. The Morgan fingerprint density at radius 3 is 2.71 bits per heavy atom. The van der Waals surface area contributed by atoms with Gasteiger partial charge >= 0.3 is 0 Å². The number of benzene rings is 1. The molecule has 0 atom stereocenters. The number of nitrogens with one attached hydrogen (secondary N) is 1. The number of hydrogen-bond acceptors (Lipinski definition) is 9. The molecular weight excluding hydrogens is 418 g/mol. The van der Waals surface area contributed by atoms with Crippen LogP contribution in [0.15, 0.2) is 49.1 Å². The zero-order valence-electron chi connectivity index (χ0n) is 17.3. The van der Waals surface area contributed by atoms with Gasteiger partial charge in [-0.3, -0.25) is 4.79 Å². The maximum Gasteiger partial charge on any atom is 0.284 e. The van der Waals surface area contributed by atoms with E-state index in [-0.39, 0.29) is 12.3 Å². The number of aryl methyl sites for hydroxylation is 4. The molecule has 0 fully saturated rings. The smallest absolute Gasteiger partial charge is 0.284 e. The van der Waals surface area contributed by atoms with Gasteiger partial charge < -0.3 is 18.7 Å². The molecular formula is C21H21N5O4S. The number of thioether (sulfide) groups is 1. The van der Waals surface area contributed by atoms with Crippen LogP contribution < -0.4 is 5.32 Å². The summed E-state index contributed by atoms with van der Waals surface area (Å²) in [7, 11) is 0. The molecule has 4 rings (SSSR count). The third kappa shape index (κ3) is 5.21. The van der Waals surface area contributed by atoms with Gasteiger partial charge in [0.1, 0.15) is 0 Å². The lowest BCUT2D eigenvalue weighted by atomic mass is 10.0. The van der Waals surface area contributed by atoms with Crippen molar-refractivity contribution in [3.63, 3.8) is 0 Å². The minimum atomic E-state index is -0.0968. The standard InChI is InChI=1S/C21H21N5O4S/c1-12-9-13(2)19(14(3)10-12)23-17(27)6-7-18-22-16(26-30-18)11-31-21-25-24-20(29-21)15-5-4-8-28-15/h4-5,8-10H,6-7,11H2,1-3H3,(H,23,27). The van der Waals surface area contributed by atoms with Crippen molar-refractivity contribution in [2.75, 3.05) is 5.32 Å². The van der Waals surface area contributed by atoms with E-state index in [1.54, 1.807) is 12.1 Å². The van der Waals surface area contributed by atoms with E-state index >= 15 is 0 Å². The maximum atomic E-state index is 12.4. The summed E-state index contributed by atoms with van der Waals surface area (Å²) < 4.78 is 16.0. The summed E-state index contributed by atoms with van der Waals surface area (Å²) in [6, 6.07) is 7.58. The molecule has 0 saturated heterocycles. The molecule has 160 valence electrons. The molecule has 31 heavy (non-hydrogen) atoms. The molecule has 3 heterocycles. The van der Waals surface area contributed by atoms with Gasteiger partial charge in [0.05, 0.1) is 12.0 Å². The first-order valence-electron chi connectivity index (χ1n) is 9.67. The van der Waals surface area contributed by atoms with Crippen LogP contribution in [0, 0.1) is 20.8 Å². The number of rotatable bonds is 8. The Balaban J connectivity index is 1.27. The van der Waals surface area contributed by atoms with Gasteiger partial charge in [0, 0.05) is 18.5 Å². The molecule has 10 heteroatoms. The van der Waals surface area contributed by atoms with Gasteiger partial charge in [0.25, 0.3) is 11.1 Å². The molecule has 1 aromatic carbocycles. The van der Waals surface area contributed by atoms with Gasteiger partial charge in [-0.15, -0.1) is 10.2 Å². The highest BCUT2D eigenvalue weighted by molar-refractivity contribution is 7.98. The number of hydrogen-bond donors (Lipinski definition) is 1. The monoisotopic (exact) mass is 439 g/mol. The predicted octanol–water partition coefficient (Wildman–Crippen LogP) is 4.50. The Labute approximate surface area is 182 Å². The molecule has 4 aromatic rings. The average molecular weight is 439 g/mol. The van der Waals surface area contributed by atoms with Gasteiger partial charge in [-0.25, -0.2) is 0 Å². The second-order valence-electron chi connectivity index (χ2n) is 7.07. The average Bonchev–Trinajstić information content (AvgIpc) is 3.49. The van der Waals surface area contributed by atoms with Crippen molar-refractivity contribution in [3.8, 4) is 11.7 Å². The van der Waals surface area contributed by atoms with E-state index < -0.39 is 0 Å². The summed E-state index contributed by atoms with van der Waals surface area (Å²) in [5, 5.41) is 15.2. The Bertz CT molecular complexity index is 1160. The highest BCUT2D eigenvalue weighted by Crippen LogP contribution is 2.25. The second-order valence-corrected chi connectivity index (χ2v) is 7.99. The van der Waals surface area contributed by atoms with Crippen molar-refractivity contribution in [1.29, 1.82) is 0 Å². The molecule has 0 unspecified atom stereocenters. The molecule has 0 aliphatic rings. The molecule has 1 N–H and O–H groups in total. The number of carbonyl (C=O) groups excluding carboxylic acids is 1. The van der Waals surface area contributed by atoms with Crippen LogP contribution in [0.5, 0.6) is 0 Å². The Morgan fingerprint density at radius 1 is 1.16 bits per heavy atom. The number of aromatic nitrogens is 4. The lowest BCUT2D eigenvalue weighted by molar-refractivity contribution is -0.116. The number of carbonyl (C=O) groups is 1. The third-order valence-electron chi connectivity index (χ3n) is 4.48. The van der Waals surface area contributed by atoms with E-state index in [0.717, 1.165) is 16.8 Å². The van der Waals surface area contributed by atoms with E-state index in [1.165, 1.54) is 23.6 Å². The topological polar surface area (TPSA) is 120 Å². The van der Waals surface area contributed by atoms with Gasteiger partial charge in [0.15, 0.2) is 11.6 Å².